The van der Waals surface area contributed by atoms with Gasteiger partial charge in [-0.25, -0.2) is 9.07 Å². The molecule has 124 valence electrons. The van der Waals surface area contributed by atoms with Gasteiger partial charge in [-0.1, -0.05) is 42.1 Å². The Balaban J connectivity index is 1.78. The Morgan fingerprint density at radius 2 is 2.00 bits per heavy atom. The van der Waals surface area contributed by atoms with Crippen LogP contribution in [-0.4, -0.2) is 21.5 Å². The van der Waals surface area contributed by atoms with E-state index in [-0.39, 0.29) is 5.82 Å². The van der Waals surface area contributed by atoms with Gasteiger partial charge >= 0.3 is 0 Å². The van der Waals surface area contributed by atoms with Gasteiger partial charge in [-0.05, 0) is 25.1 Å². The van der Waals surface area contributed by atoms with Gasteiger partial charge in [0.05, 0.1) is 6.61 Å². The Morgan fingerprint density at radius 1 is 1.17 bits per heavy atom. The molecule has 2 aromatic carbocycles. The lowest BCUT2D eigenvalue weighted by molar-refractivity contribution is 0.337. The van der Waals surface area contributed by atoms with Gasteiger partial charge in [-0.15, -0.1) is 10.2 Å². The van der Waals surface area contributed by atoms with Crippen molar-refractivity contribution in [1.29, 1.82) is 0 Å². The number of aromatic nitrogens is 3. The van der Waals surface area contributed by atoms with Crippen molar-refractivity contribution in [3.63, 3.8) is 0 Å². The van der Waals surface area contributed by atoms with Crippen LogP contribution in [0.4, 0.5) is 4.39 Å². The molecule has 1 heterocycles. The molecule has 2 N–H and O–H groups in total. The van der Waals surface area contributed by atoms with Gasteiger partial charge in [0.25, 0.3) is 0 Å². The molecule has 24 heavy (non-hydrogen) atoms. The van der Waals surface area contributed by atoms with Crippen LogP contribution in [0.1, 0.15) is 12.5 Å². The lowest BCUT2D eigenvalue weighted by atomic mass is 10.2. The summed E-state index contributed by atoms with van der Waals surface area (Å²) < 4.78 is 20.4. The summed E-state index contributed by atoms with van der Waals surface area (Å²) in [5.41, 5.74) is 1.64. The largest absolute Gasteiger partial charge is 0.494 e. The number of nitrogen functional groups attached to an aromatic ring is 1. The Labute approximate surface area is 143 Å². The highest BCUT2D eigenvalue weighted by Crippen LogP contribution is 2.28. The molecule has 1 aromatic heterocycles. The summed E-state index contributed by atoms with van der Waals surface area (Å²) in [4.78, 5) is 0. The Bertz CT molecular complexity index is 837. The fourth-order valence-corrected chi connectivity index (χ4v) is 3.11. The summed E-state index contributed by atoms with van der Waals surface area (Å²) in [5, 5.41) is 8.72. The minimum atomic E-state index is -0.338. The van der Waals surface area contributed by atoms with Crippen LogP contribution in [-0.2, 0) is 5.75 Å². The van der Waals surface area contributed by atoms with Gasteiger partial charge in [-0.2, -0.15) is 0 Å². The number of nitrogens with zero attached hydrogens (tertiary/aromatic N) is 3. The molecule has 0 atom stereocenters. The molecule has 0 spiro atoms. The molecule has 0 radical (unpaired) electrons. The molecular formula is C17H17FN4OS. The van der Waals surface area contributed by atoms with Crippen molar-refractivity contribution < 1.29 is 9.13 Å². The summed E-state index contributed by atoms with van der Waals surface area (Å²) in [6, 6.07) is 14.0. The average Bonchev–Trinajstić information content (AvgIpc) is 2.95. The molecule has 0 amide bonds. The zero-order valence-corrected chi connectivity index (χ0v) is 14.0. The number of hydrogen-bond donors (Lipinski definition) is 1. The molecule has 0 fully saturated rings. The Kier molecular flexibility index (Phi) is 5.00. The van der Waals surface area contributed by atoms with Crippen LogP contribution >= 0.6 is 11.8 Å². The molecule has 3 aromatic rings. The first-order valence-corrected chi connectivity index (χ1v) is 8.47. The third-order valence-corrected chi connectivity index (χ3v) is 4.37. The monoisotopic (exact) mass is 344 g/mol. The van der Waals surface area contributed by atoms with Crippen LogP contribution in [0.25, 0.3) is 11.4 Å². The van der Waals surface area contributed by atoms with Crippen LogP contribution in [0.3, 0.4) is 0 Å². The summed E-state index contributed by atoms with van der Waals surface area (Å²) in [6.07, 6.45) is 0. The van der Waals surface area contributed by atoms with E-state index in [4.69, 9.17) is 10.6 Å². The van der Waals surface area contributed by atoms with Crippen LogP contribution in [0.5, 0.6) is 5.75 Å². The van der Waals surface area contributed by atoms with Gasteiger partial charge in [-0.3, -0.25) is 0 Å². The highest BCUT2D eigenvalue weighted by Gasteiger charge is 2.13. The molecule has 3 rings (SSSR count). The van der Waals surface area contributed by atoms with Gasteiger partial charge in [0.15, 0.2) is 5.82 Å². The van der Waals surface area contributed by atoms with Gasteiger partial charge < -0.3 is 10.6 Å². The summed E-state index contributed by atoms with van der Waals surface area (Å²) >= 11 is 1.45. The predicted molar refractivity (Wildman–Crippen MR) is 92.7 cm³/mol. The summed E-state index contributed by atoms with van der Waals surface area (Å²) in [6.45, 7) is 2.56. The minimum Gasteiger partial charge on any atom is -0.494 e. The van der Waals surface area contributed by atoms with E-state index < -0.39 is 0 Å². The Hall–Kier alpha value is -2.54. The van der Waals surface area contributed by atoms with E-state index in [0.717, 1.165) is 11.3 Å². The molecule has 5 nitrogen and oxygen atoms in total. The minimum absolute atomic E-state index is 0.338. The maximum atomic E-state index is 13.4. The van der Waals surface area contributed by atoms with E-state index in [1.54, 1.807) is 12.1 Å². The third kappa shape index (κ3) is 3.51. The van der Waals surface area contributed by atoms with E-state index in [1.165, 1.54) is 28.6 Å². The highest BCUT2D eigenvalue weighted by molar-refractivity contribution is 7.98. The number of rotatable bonds is 6. The lowest BCUT2D eigenvalue weighted by Gasteiger charge is -2.09. The predicted octanol–water partition coefficient (Wildman–Crippen LogP) is 3.49. The summed E-state index contributed by atoms with van der Waals surface area (Å²) in [7, 11) is 0. The normalized spacial score (nSPS) is 10.8. The topological polar surface area (TPSA) is 66.0 Å². The fraction of sp³-hybridized carbons (Fsp3) is 0.176. The fourth-order valence-electron chi connectivity index (χ4n) is 2.26. The van der Waals surface area contributed by atoms with E-state index in [9.17, 15) is 4.39 Å². The molecular weight excluding hydrogens is 327 g/mol. The zero-order valence-electron chi connectivity index (χ0n) is 13.1. The molecule has 0 saturated heterocycles. The van der Waals surface area contributed by atoms with Gasteiger partial charge in [0.2, 0.25) is 5.16 Å². The number of thioether (sulfide) groups is 1. The number of ether oxygens (including phenoxy) is 1. The zero-order chi connectivity index (χ0) is 16.9. The van der Waals surface area contributed by atoms with Crippen LogP contribution in [0, 0.1) is 5.82 Å². The first-order valence-electron chi connectivity index (χ1n) is 7.49. The summed E-state index contributed by atoms with van der Waals surface area (Å²) in [5.74, 6) is 7.65. The van der Waals surface area contributed by atoms with E-state index in [1.807, 2.05) is 31.2 Å². The van der Waals surface area contributed by atoms with Crippen molar-refractivity contribution in [3.05, 3.63) is 59.9 Å². The number of nitrogens with two attached hydrogens (primary N) is 1. The smallest absolute Gasteiger partial charge is 0.210 e. The quantitative estimate of drug-likeness (QED) is 0.548. The molecule has 0 aliphatic rings. The average molecular weight is 344 g/mol. The molecule has 0 saturated carbocycles. The Morgan fingerprint density at radius 3 is 2.79 bits per heavy atom. The highest BCUT2D eigenvalue weighted by atomic mass is 32.2. The van der Waals surface area contributed by atoms with Crippen molar-refractivity contribution in [2.45, 2.75) is 17.8 Å². The molecule has 0 aliphatic heterocycles. The van der Waals surface area contributed by atoms with Crippen molar-refractivity contribution in [1.82, 2.24) is 14.9 Å². The van der Waals surface area contributed by atoms with Gasteiger partial charge in [0.1, 0.15) is 11.6 Å². The number of para-hydroxylation sites is 1. The third-order valence-electron chi connectivity index (χ3n) is 3.38. The first-order chi connectivity index (χ1) is 11.7. The van der Waals surface area contributed by atoms with Crippen molar-refractivity contribution in [2.24, 2.45) is 0 Å². The number of hydrogen-bond acceptors (Lipinski definition) is 5. The van der Waals surface area contributed by atoms with E-state index in [0.29, 0.717) is 28.9 Å². The number of halogens is 1. The maximum absolute atomic E-state index is 13.4. The van der Waals surface area contributed by atoms with Gasteiger partial charge in [0, 0.05) is 16.9 Å². The van der Waals surface area contributed by atoms with E-state index >= 15 is 0 Å². The van der Waals surface area contributed by atoms with Crippen molar-refractivity contribution >= 4 is 11.8 Å². The van der Waals surface area contributed by atoms with Crippen molar-refractivity contribution in [3.8, 4) is 17.1 Å². The van der Waals surface area contributed by atoms with Crippen molar-refractivity contribution in [2.75, 3.05) is 12.4 Å². The second kappa shape index (κ2) is 7.35. The lowest BCUT2D eigenvalue weighted by Crippen LogP contribution is -2.11. The molecule has 0 unspecified atom stereocenters. The molecule has 0 bridgehead atoms. The second-order valence-corrected chi connectivity index (χ2v) is 5.96. The van der Waals surface area contributed by atoms with Crippen LogP contribution in [0.2, 0.25) is 0 Å². The SMILES string of the molecule is CCOc1ccccc1CSc1nnc(-c2cccc(F)c2)n1N. The number of benzene rings is 2. The second-order valence-electron chi connectivity index (χ2n) is 5.02. The van der Waals surface area contributed by atoms with Crippen LogP contribution < -0.4 is 10.6 Å². The van der Waals surface area contributed by atoms with Crippen LogP contribution in [0.15, 0.2) is 53.7 Å². The first kappa shape index (κ1) is 16.3. The molecule has 7 heteroatoms. The standard InChI is InChI=1S/C17H17FN4OS/c1-2-23-15-9-4-3-6-13(15)11-24-17-21-20-16(22(17)19)12-7-5-8-14(18)10-12/h3-10H,2,11,19H2,1H3. The maximum Gasteiger partial charge on any atom is 0.210 e. The molecule has 0 aliphatic carbocycles. The van der Waals surface area contributed by atoms with E-state index in [2.05, 4.69) is 10.2 Å².